The van der Waals surface area contributed by atoms with Gasteiger partial charge in [0.15, 0.2) is 0 Å². The van der Waals surface area contributed by atoms with Gasteiger partial charge in [-0.05, 0) is 55.2 Å². The minimum atomic E-state index is 0.0684. The molecule has 0 aliphatic rings. The predicted molar refractivity (Wildman–Crippen MR) is 58.3 cm³/mol. The standard InChI is InChI=1S/C12H16O2/c1-8(7-13)4-11-5-9(2)12(14)10(3)6-11/h4-6,13-14H,7H2,1-3H3. The Bertz CT molecular complexity index is 342. The number of aromatic hydroxyl groups is 1. The average molecular weight is 192 g/mol. The highest BCUT2D eigenvalue weighted by atomic mass is 16.3. The lowest BCUT2D eigenvalue weighted by molar-refractivity contribution is 0.332. The Morgan fingerprint density at radius 1 is 1.29 bits per heavy atom. The van der Waals surface area contributed by atoms with Crippen molar-refractivity contribution in [3.8, 4) is 5.75 Å². The van der Waals surface area contributed by atoms with Crippen LogP contribution in [0.25, 0.3) is 6.08 Å². The Labute approximate surface area is 84.5 Å². The minimum absolute atomic E-state index is 0.0684. The molecular formula is C12H16O2. The van der Waals surface area contributed by atoms with Crippen LogP contribution in [0.1, 0.15) is 23.6 Å². The highest BCUT2D eigenvalue weighted by molar-refractivity contribution is 5.57. The second kappa shape index (κ2) is 4.29. The second-order valence-electron chi connectivity index (χ2n) is 3.65. The molecule has 0 saturated carbocycles. The molecule has 0 unspecified atom stereocenters. The molecule has 0 radical (unpaired) electrons. The van der Waals surface area contributed by atoms with E-state index in [9.17, 15) is 5.11 Å². The maximum absolute atomic E-state index is 9.55. The van der Waals surface area contributed by atoms with Crippen LogP contribution in [0.2, 0.25) is 0 Å². The minimum Gasteiger partial charge on any atom is -0.507 e. The first-order chi connectivity index (χ1) is 6.54. The van der Waals surface area contributed by atoms with E-state index in [0.29, 0.717) is 5.75 Å². The number of aryl methyl sites for hydroxylation is 2. The zero-order chi connectivity index (χ0) is 10.7. The molecule has 0 bridgehead atoms. The van der Waals surface area contributed by atoms with Gasteiger partial charge in [0, 0.05) is 0 Å². The van der Waals surface area contributed by atoms with Gasteiger partial charge in [0.2, 0.25) is 0 Å². The van der Waals surface area contributed by atoms with Gasteiger partial charge in [-0.1, -0.05) is 6.08 Å². The van der Waals surface area contributed by atoms with Crippen LogP contribution < -0.4 is 0 Å². The zero-order valence-electron chi connectivity index (χ0n) is 8.83. The number of hydrogen-bond acceptors (Lipinski definition) is 2. The molecule has 0 atom stereocenters. The molecule has 2 heteroatoms. The van der Waals surface area contributed by atoms with E-state index in [1.807, 2.05) is 39.0 Å². The fourth-order valence-electron chi connectivity index (χ4n) is 1.40. The topological polar surface area (TPSA) is 40.5 Å². The van der Waals surface area contributed by atoms with Crippen molar-refractivity contribution in [1.29, 1.82) is 0 Å². The van der Waals surface area contributed by atoms with Crippen LogP contribution in [-0.4, -0.2) is 16.8 Å². The van der Waals surface area contributed by atoms with Crippen molar-refractivity contribution < 1.29 is 10.2 Å². The van der Waals surface area contributed by atoms with Crippen molar-refractivity contribution in [1.82, 2.24) is 0 Å². The van der Waals surface area contributed by atoms with Gasteiger partial charge in [0.1, 0.15) is 5.75 Å². The molecule has 1 aromatic carbocycles. The van der Waals surface area contributed by atoms with Crippen molar-refractivity contribution in [3.63, 3.8) is 0 Å². The quantitative estimate of drug-likeness (QED) is 0.755. The number of hydrogen-bond donors (Lipinski definition) is 2. The molecule has 14 heavy (non-hydrogen) atoms. The van der Waals surface area contributed by atoms with Gasteiger partial charge in [-0.2, -0.15) is 0 Å². The Morgan fingerprint density at radius 3 is 2.21 bits per heavy atom. The molecule has 0 heterocycles. The van der Waals surface area contributed by atoms with Crippen LogP contribution in [0.5, 0.6) is 5.75 Å². The molecule has 1 aromatic rings. The lowest BCUT2D eigenvalue weighted by Gasteiger charge is -2.05. The fraction of sp³-hybridized carbons (Fsp3) is 0.333. The molecule has 0 aromatic heterocycles. The summed E-state index contributed by atoms with van der Waals surface area (Å²) in [6.07, 6.45) is 1.92. The van der Waals surface area contributed by atoms with E-state index in [4.69, 9.17) is 5.11 Å². The van der Waals surface area contributed by atoms with Crippen LogP contribution in [0.15, 0.2) is 17.7 Å². The number of phenolic OH excluding ortho intramolecular Hbond substituents is 1. The number of aliphatic hydroxyl groups is 1. The maximum atomic E-state index is 9.55. The number of benzene rings is 1. The highest BCUT2D eigenvalue weighted by Gasteiger charge is 2.01. The van der Waals surface area contributed by atoms with Crippen molar-refractivity contribution in [2.45, 2.75) is 20.8 Å². The van der Waals surface area contributed by atoms with Gasteiger partial charge in [-0.3, -0.25) is 0 Å². The first-order valence-electron chi connectivity index (χ1n) is 4.63. The first-order valence-corrected chi connectivity index (χ1v) is 4.63. The third-order valence-corrected chi connectivity index (χ3v) is 2.18. The molecule has 0 fully saturated rings. The zero-order valence-corrected chi connectivity index (χ0v) is 8.83. The molecular weight excluding hydrogens is 176 g/mol. The SMILES string of the molecule is CC(=Cc1cc(C)c(O)c(C)c1)CO. The summed E-state index contributed by atoms with van der Waals surface area (Å²) in [5, 5.41) is 18.4. The van der Waals surface area contributed by atoms with Crippen LogP contribution in [-0.2, 0) is 0 Å². The summed E-state index contributed by atoms with van der Waals surface area (Å²) in [6, 6.07) is 3.81. The van der Waals surface area contributed by atoms with Crippen LogP contribution >= 0.6 is 0 Å². The Hall–Kier alpha value is -1.28. The van der Waals surface area contributed by atoms with Crippen LogP contribution in [0.3, 0.4) is 0 Å². The summed E-state index contributed by atoms with van der Waals surface area (Å²) in [4.78, 5) is 0. The van der Waals surface area contributed by atoms with Gasteiger partial charge in [-0.15, -0.1) is 0 Å². The summed E-state index contributed by atoms with van der Waals surface area (Å²) in [6.45, 7) is 5.68. The van der Waals surface area contributed by atoms with E-state index in [1.54, 1.807) is 0 Å². The molecule has 0 aliphatic heterocycles. The van der Waals surface area contributed by atoms with Gasteiger partial charge in [0.25, 0.3) is 0 Å². The highest BCUT2D eigenvalue weighted by Crippen LogP contribution is 2.23. The van der Waals surface area contributed by atoms with Gasteiger partial charge >= 0.3 is 0 Å². The summed E-state index contributed by atoms with van der Waals surface area (Å²) in [7, 11) is 0. The Balaban J connectivity index is 3.13. The van der Waals surface area contributed by atoms with E-state index < -0.39 is 0 Å². The predicted octanol–water partition coefficient (Wildman–Crippen LogP) is 2.40. The van der Waals surface area contributed by atoms with Gasteiger partial charge < -0.3 is 10.2 Å². The molecule has 2 N–H and O–H groups in total. The van der Waals surface area contributed by atoms with E-state index in [-0.39, 0.29) is 6.61 Å². The summed E-state index contributed by atoms with van der Waals surface area (Å²) < 4.78 is 0. The van der Waals surface area contributed by atoms with Crippen molar-refractivity contribution in [2.24, 2.45) is 0 Å². The molecule has 0 amide bonds. The monoisotopic (exact) mass is 192 g/mol. The number of phenols is 1. The largest absolute Gasteiger partial charge is 0.507 e. The molecule has 2 nitrogen and oxygen atoms in total. The van der Waals surface area contributed by atoms with Crippen molar-refractivity contribution in [3.05, 3.63) is 34.4 Å². The average Bonchev–Trinajstić information content (AvgIpc) is 2.14. The Morgan fingerprint density at radius 2 is 1.79 bits per heavy atom. The van der Waals surface area contributed by atoms with Gasteiger partial charge in [-0.25, -0.2) is 0 Å². The molecule has 0 aliphatic carbocycles. The Kier molecular flexibility index (Phi) is 3.31. The van der Waals surface area contributed by atoms with Crippen molar-refractivity contribution in [2.75, 3.05) is 6.61 Å². The van der Waals surface area contributed by atoms with Crippen molar-refractivity contribution >= 4 is 6.08 Å². The van der Waals surface area contributed by atoms with Gasteiger partial charge in [0.05, 0.1) is 6.61 Å². The van der Waals surface area contributed by atoms with E-state index in [1.165, 1.54) is 0 Å². The number of rotatable bonds is 2. The lowest BCUT2D eigenvalue weighted by Crippen LogP contribution is -1.87. The smallest absolute Gasteiger partial charge is 0.121 e. The molecule has 76 valence electrons. The fourth-order valence-corrected chi connectivity index (χ4v) is 1.40. The summed E-state index contributed by atoms with van der Waals surface area (Å²) in [5.41, 5.74) is 3.66. The van der Waals surface area contributed by atoms with E-state index >= 15 is 0 Å². The molecule has 0 saturated heterocycles. The van der Waals surface area contributed by atoms with Crippen LogP contribution in [0, 0.1) is 13.8 Å². The van der Waals surface area contributed by atoms with Crippen LogP contribution in [0.4, 0.5) is 0 Å². The normalized spacial score (nSPS) is 11.9. The third kappa shape index (κ3) is 2.36. The molecule has 0 spiro atoms. The first kappa shape index (κ1) is 10.8. The lowest BCUT2D eigenvalue weighted by atomic mass is 10.0. The summed E-state index contributed by atoms with van der Waals surface area (Å²) >= 11 is 0. The van der Waals surface area contributed by atoms with E-state index in [2.05, 4.69) is 0 Å². The molecule has 1 rings (SSSR count). The summed E-state index contributed by atoms with van der Waals surface area (Å²) in [5.74, 6) is 0.351. The third-order valence-electron chi connectivity index (χ3n) is 2.18. The maximum Gasteiger partial charge on any atom is 0.121 e. The number of aliphatic hydroxyl groups excluding tert-OH is 1. The second-order valence-corrected chi connectivity index (χ2v) is 3.65. The van der Waals surface area contributed by atoms with E-state index in [0.717, 1.165) is 22.3 Å².